The summed E-state index contributed by atoms with van der Waals surface area (Å²) in [6, 6.07) is 4.69. The van der Waals surface area contributed by atoms with Crippen LogP contribution in [0.25, 0.3) is 0 Å². The molecule has 25 heavy (non-hydrogen) atoms. The van der Waals surface area contributed by atoms with E-state index in [2.05, 4.69) is 10.6 Å². The second-order valence-corrected chi connectivity index (χ2v) is 6.55. The minimum atomic E-state index is -4.45. The van der Waals surface area contributed by atoms with Gasteiger partial charge in [-0.1, -0.05) is 12.5 Å². The molecule has 1 aromatic rings. The fraction of sp³-hybridized carbons (Fsp3) is 0.529. The molecule has 2 aliphatic heterocycles. The molecule has 0 aliphatic carbocycles. The van der Waals surface area contributed by atoms with Crippen molar-refractivity contribution in [2.24, 2.45) is 0 Å². The van der Waals surface area contributed by atoms with E-state index in [9.17, 15) is 22.8 Å². The van der Waals surface area contributed by atoms with Crippen molar-refractivity contribution in [3.05, 3.63) is 29.8 Å². The number of hydrogen-bond acceptors (Lipinski definition) is 3. The first-order chi connectivity index (χ1) is 11.8. The molecule has 136 valence electrons. The number of piperidine rings is 1. The number of benzene rings is 1. The second kappa shape index (κ2) is 7.03. The molecule has 0 saturated carbocycles. The molecule has 2 amide bonds. The molecule has 2 saturated heterocycles. The number of nitrogens with one attached hydrogen (secondary N) is 2. The summed E-state index contributed by atoms with van der Waals surface area (Å²) in [6.45, 7) is 0.576. The van der Waals surface area contributed by atoms with E-state index in [1.165, 1.54) is 12.1 Å². The van der Waals surface area contributed by atoms with Gasteiger partial charge >= 0.3 is 6.18 Å². The molecule has 2 fully saturated rings. The maximum atomic E-state index is 12.8. The van der Waals surface area contributed by atoms with Gasteiger partial charge in [0.2, 0.25) is 11.8 Å². The number of fused-ring (bicyclic) bond motifs is 2. The molecule has 2 aliphatic rings. The Bertz CT molecular complexity index is 663. The number of halogens is 3. The molecule has 2 atom stereocenters. The first-order valence-corrected chi connectivity index (χ1v) is 8.32. The summed E-state index contributed by atoms with van der Waals surface area (Å²) in [6.07, 6.45) is -1.34. The number of amides is 2. The first-order valence-electron chi connectivity index (χ1n) is 8.32. The highest BCUT2D eigenvalue weighted by Crippen LogP contribution is 2.31. The van der Waals surface area contributed by atoms with Gasteiger partial charge in [-0.15, -0.1) is 0 Å². The largest absolute Gasteiger partial charge is 0.416 e. The zero-order valence-corrected chi connectivity index (χ0v) is 13.6. The Balaban J connectivity index is 1.67. The van der Waals surface area contributed by atoms with Gasteiger partial charge in [-0.25, -0.2) is 0 Å². The fourth-order valence-corrected chi connectivity index (χ4v) is 3.57. The van der Waals surface area contributed by atoms with Crippen LogP contribution in [0.3, 0.4) is 0 Å². The van der Waals surface area contributed by atoms with E-state index in [0.717, 1.165) is 31.4 Å². The van der Waals surface area contributed by atoms with Crippen molar-refractivity contribution in [3.8, 4) is 0 Å². The van der Waals surface area contributed by atoms with Gasteiger partial charge in [-0.05, 0) is 31.0 Å². The van der Waals surface area contributed by atoms with Crippen molar-refractivity contribution in [1.29, 1.82) is 0 Å². The second-order valence-electron chi connectivity index (χ2n) is 6.55. The number of anilines is 1. The van der Waals surface area contributed by atoms with Crippen LogP contribution in [0.15, 0.2) is 24.3 Å². The third kappa shape index (κ3) is 4.31. The molecule has 1 aromatic carbocycles. The van der Waals surface area contributed by atoms with E-state index >= 15 is 0 Å². The zero-order valence-electron chi connectivity index (χ0n) is 13.6. The predicted molar refractivity (Wildman–Crippen MR) is 85.8 cm³/mol. The Morgan fingerprint density at radius 3 is 2.80 bits per heavy atom. The standard InChI is InChI=1S/C17H20F3N3O2/c18-17(19,20)11-3-1-4-12(7-11)22-16(25)10-23-13-5-2-6-14(23)9-21-15(24)8-13/h1,3-4,7,13-14H,2,5-6,8-10H2,(H,21,24)(H,22,25). The molecule has 5 nitrogen and oxygen atoms in total. The topological polar surface area (TPSA) is 61.4 Å². The van der Waals surface area contributed by atoms with Crippen molar-refractivity contribution < 1.29 is 22.8 Å². The van der Waals surface area contributed by atoms with Gasteiger partial charge in [0.05, 0.1) is 12.1 Å². The van der Waals surface area contributed by atoms with Crippen LogP contribution in [-0.4, -0.2) is 41.9 Å². The summed E-state index contributed by atoms with van der Waals surface area (Å²) in [7, 11) is 0. The van der Waals surface area contributed by atoms with E-state index in [0.29, 0.717) is 13.0 Å². The Morgan fingerprint density at radius 1 is 1.28 bits per heavy atom. The quantitative estimate of drug-likeness (QED) is 0.875. The van der Waals surface area contributed by atoms with Crippen molar-refractivity contribution in [2.45, 2.75) is 43.9 Å². The summed E-state index contributed by atoms with van der Waals surface area (Å²) in [5.41, 5.74) is -0.680. The van der Waals surface area contributed by atoms with Crippen LogP contribution in [0.1, 0.15) is 31.2 Å². The van der Waals surface area contributed by atoms with Crippen LogP contribution in [0.4, 0.5) is 18.9 Å². The highest BCUT2D eigenvalue weighted by Gasteiger charge is 2.36. The van der Waals surface area contributed by atoms with E-state index < -0.39 is 11.7 Å². The zero-order chi connectivity index (χ0) is 18.0. The van der Waals surface area contributed by atoms with E-state index in [-0.39, 0.29) is 36.1 Å². The monoisotopic (exact) mass is 355 g/mol. The van der Waals surface area contributed by atoms with E-state index in [1.807, 2.05) is 4.90 Å². The lowest BCUT2D eigenvalue weighted by atomic mass is 9.94. The van der Waals surface area contributed by atoms with Gasteiger partial charge in [0.1, 0.15) is 0 Å². The summed E-state index contributed by atoms with van der Waals surface area (Å²) >= 11 is 0. The number of alkyl halides is 3. The van der Waals surface area contributed by atoms with Crippen molar-refractivity contribution in [3.63, 3.8) is 0 Å². The Labute approximate surface area is 143 Å². The highest BCUT2D eigenvalue weighted by molar-refractivity contribution is 5.92. The van der Waals surface area contributed by atoms with Crippen LogP contribution < -0.4 is 10.6 Å². The maximum absolute atomic E-state index is 12.8. The van der Waals surface area contributed by atoms with Crippen LogP contribution >= 0.6 is 0 Å². The molecule has 0 spiro atoms. The number of carbonyl (C=O) groups excluding carboxylic acids is 2. The van der Waals surface area contributed by atoms with Crippen molar-refractivity contribution >= 4 is 17.5 Å². The number of nitrogens with zero attached hydrogens (tertiary/aromatic N) is 1. The van der Waals surface area contributed by atoms with Gasteiger partial charge in [-0.3, -0.25) is 14.5 Å². The lowest BCUT2D eigenvalue weighted by Crippen LogP contribution is -2.50. The summed E-state index contributed by atoms with van der Waals surface area (Å²) in [4.78, 5) is 26.1. The predicted octanol–water partition coefficient (Wildman–Crippen LogP) is 2.39. The van der Waals surface area contributed by atoms with Crippen molar-refractivity contribution in [1.82, 2.24) is 10.2 Å². The molecule has 3 rings (SSSR count). The minimum absolute atomic E-state index is 0.00788. The van der Waals surface area contributed by atoms with Gasteiger partial charge in [-0.2, -0.15) is 13.2 Å². The van der Waals surface area contributed by atoms with Crippen LogP contribution in [0, 0.1) is 0 Å². The van der Waals surface area contributed by atoms with Crippen molar-refractivity contribution in [2.75, 3.05) is 18.4 Å². The van der Waals surface area contributed by atoms with E-state index in [1.54, 1.807) is 0 Å². The molecule has 2 heterocycles. The number of hydrogen-bond donors (Lipinski definition) is 2. The fourth-order valence-electron chi connectivity index (χ4n) is 3.57. The van der Waals surface area contributed by atoms with Crippen LogP contribution in [-0.2, 0) is 15.8 Å². The summed E-state index contributed by atoms with van der Waals surface area (Å²) < 4.78 is 38.3. The molecular formula is C17H20F3N3O2. The Kier molecular flexibility index (Phi) is 4.99. The molecule has 0 radical (unpaired) electrons. The van der Waals surface area contributed by atoms with Crippen LogP contribution in [0.2, 0.25) is 0 Å². The molecular weight excluding hydrogens is 335 g/mol. The third-order valence-corrected chi connectivity index (χ3v) is 4.77. The normalized spacial score (nSPS) is 24.4. The van der Waals surface area contributed by atoms with Crippen LogP contribution in [0.5, 0.6) is 0 Å². The third-order valence-electron chi connectivity index (χ3n) is 4.77. The number of carbonyl (C=O) groups is 2. The molecule has 8 heteroatoms. The smallest absolute Gasteiger partial charge is 0.354 e. The van der Waals surface area contributed by atoms with Gasteiger partial charge in [0.25, 0.3) is 0 Å². The van der Waals surface area contributed by atoms with Gasteiger partial charge in [0.15, 0.2) is 0 Å². The molecule has 0 aromatic heterocycles. The average molecular weight is 355 g/mol. The summed E-state index contributed by atoms with van der Waals surface area (Å²) in [5.74, 6) is -0.386. The van der Waals surface area contributed by atoms with Gasteiger partial charge < -0.3 is 10.6 Å². The highest BCUT2D eigenvalue weighted by atomic mass is 19.4. The van der Waals surface area contributed by atoms with E-state index in [4.69, 9.17) is 0 Å². The van der Waals surface area contributed by atoms with Gasteiger partial charge in [0, 0.05) is 30.7 Å². The lowest BCUT2D eigenvalue weighted by molar-refractivity contribution is -0.137. The Morgan fingerprint density at radius 2 is 2.04 bits per heavy atom. The lowest BCUT2D eigenvalue weighted by Gasteiger charge is -2.39. The molecule has 2 unspecified atom stereocenters. The molecule has 2 bridgehead atoms. The Hall–Kier alpha value is -2.09. The average Bonchev–Trinajstić information content (AvgIpc) is 2.62. The summed E-state index contributed by atoms with van der Waals surface area (Å²) in [5, 5.41) is 5.39. The minimum Gasteiger partial charge on any atom is -0.354 e. The number of rotatable bonds is 3. The maximum Gasteiger partial charge on any atom is 0.416 e. The SMILES string of the molecule is O=C1CC2CCCC(CN1)N2CC(=O)Nc1cccc(C(F)(F)F)c1. The molecule has 2 N–H and O–H groups in total. The first kappa shape index (κ1) is 17.7.